The zero-order valence-corrected chi connectivity index (χ0v) is 17.5. The van der Waals surface area contributed by atoms with Crippen molar-refractivity contribution < 1.29 is 14.6 Å². The maximum absolute atomic E-state index is 10.6. The number of hydrogen-bond acceptors (Lipinski definition) is 6. The van der Waals surface area contributed by atoms with Crippen LogP contribution in [-0.2, 0) is 29.8 Å². The Bertz CT molecular complexity index is 943. The number of phenolic OH excluding ortho intramolecular Hbond substituents is 1. The first kappa shape index (κ1) is 18.9. The second-order valence-electron chi connectivity index (χ2n) is 8.24. The molecule has 0 bridgehead atoms. The number of aromatic nitrogens is 2. The molecule has 3 heterocycles. The molecule has 1 unspecified atom stereocenters. The number of hydrogen-bond donors (Lipinski definition) is 1. The van der Waals surface area contributed by atoms with Crippen molar-refractivity contribution in [3.05, 3.63) is 39.5 Å². The molecule has 1 aromatic heterocycles. The molecule has 2 aliphatic heterocycles. The zero-order chi connectivity index (χ0) is 20.0. The van der Waals surface area contributed by atoms with Gasteiger partial charge in [0.15, 0.2) is 0 Å². The molecule has 0 saturated carbocycles. The van der Waals surface area contributed by atoms with Crippen LogP contribution in [0.3, 0.4) is 0 Å². The van der Waals surface area contributed by atoms with Crippen LogP contribution < -0.4 is 9.64 Å². The number of methoxy groups -OCH3 is 1. The van der Waals surface area contributed by atoms with E-state index in [4.69, 9.17) is 31.0 Å². The molecular weight excluding hydrogens is 390 g/mol. The number of fused-ring (bicyclic) bond motifs is 3. The molecule has 29 heavy (non-hydrogen) atoms. The third kappa shape index (κ3) is 3.13. The number of anilines is 1. The molecule has 2 aromatic rings. The number of phenols is 1. The van der Waals surface area contributed by atoms with Gasteiger partial charge in [-0.05, 0) is 43.4 Å². The van der Waals surface area contributed by atoms with Crippen LogP contribution in [0.25, 0.3) is 0 Å². The second kappa shape index (κ2) is 7.33. The van der Waals surface area contributed by atoms with Gasteiger partial charge in [0.05, 0.1) is 19.4 Å². The Morgan fingerprint density at radius 1 is 1.14 bits per heavy atom. The molecule has 1 spiro atoms. The summed E-state index contributed by atoms with van der Waals surface area (Å²) in [4.78, 5) is 11.8. The van der Waals surface area contributed by atoms with Gasteiger partial charge < -0.3 is 19.5 Å². The van der Waals surface area contributed by atoms with Gasteiger partial charge in [0, 0.05) is 35.7 Å². The van der Waals surface area contributed by atoms with Crippen molar-refractivity contribution in [2.75, 3.05) is 25.1 Å². The largest absolute Gasteiger partial charge is 0.508 e. The van der Waals surface area contributed by atoms with E-state index in [-0.39, 0.29) is 5.75 Å². The van der Waals surface area contributed by atoms with Crippen LogP contribution in [0.5, 0.6) is 11.8 Å². The summed E-state index contributed by atoms with van der Waals surface area (Å²) >= 11 is 6.42. The number of rotatable bonds is 2. The van der Waals surface area contributed by atoms with Gasteiger partial charge in [-0.25, -0.2) is 0 Å². The van der Waals surface area contributed by atoms with E-state index in [1.54, 1.807) is 19.2 Å². The number of halogens is 1. The minimum atomic E-state index is -0.591. The Kier molecular flexibility index (Phi) is 4.79. The molecule has 154 valence electrons. The van der Waals surface area contributed by atoms with Crippen molar-refractivity contribution in [2.45, 2.75) is 57.2 Å². The van der Waals surface area contributed by atoms with E-state index >= 15 is 0 Å². The average Bonchev–Trinajstić information content (AvgIpc) is 2.91. The lowest BCUT2D eigenvalue weighted by atomic mass is 9.86. The number of aromatic hydroxyl groups is 1. The topological polar surface area (TPSA) is 67.7 Å². The smallest absolute Gasteiger partial charge is 0.318 e. The summed E-state index contributed by atoms with van der Waals surface area (Å²) in [6.07, 6.45) is 7.03. The van der Waals surface area contributed by atoms with Gasteiger partial charge in [0.2, 0.25) is 0 Å². The highest BCUT2D eigenvalue weighted by Gasteiger charge is 2.47. The predicted octanol–water partition coefficient (Wildman–Crippen LogP) is 4.14. The summed E-state index contributed by atoms with van der Waals surface area (Å²) in [6, 6.07) is 3.82. The third-order valence-electron chi connectivity index (χ3n) is 6.55. The summed E-state index contributed by atoms with van der Waals surface area (Å²) < 4.78 is 11.9. The first-order valence-corrected chi connectivity index (χ1v) is 10.8. The Hall–Kier alpha value is -2.05. The minimum Gasteiger partial charge on any atom is -0.508 e. The van der Waals surface area contributed by atoms with Crippen LogP contribution in [0.1, 0.15) is 54.5 Å². The highest BCUT2D eigenvalue weighted by atomic mass is 35.5. The van der Waals surface area contributed by atoms with Gasteiger partial charge >= 0.3 is 6.01 Å². The van der Waals surface area contributed by atoms with Crippen LogP contribution in [0.2, 0.25) is 5.02 Å². The Morgan fingerprint density at radius 2 is 1.93 bits per heavy atom. The quantitative estimate of drug-likeness (QED) is 0.795. The fraction of sp³-hybridized carbons (Fsp3) is 0.545. The van der Waals surface area contributed by atoms with Crippen molar-refractivity contribution in [3.63, 3.8) is 0 Å². The third-order valence-corrected chi connectivity index (χ3v) is 6.91. The summed E-state index contributed by atoms with van der Waals surface area (Å²) in [6.45, 7) is 2.42. The molecule has 1 atom stereocenters. The van der Waals surface area contributed by atoms with E-state index in [1.165, 1.54) is 25.7 Å². The second-order valence-corrected chi connectivity index (χ2v) is 8.65. The van der Waals surface area contributed by atoms with E-state index in [0.29, 0.717) is 24.1 Å². The van der Waals surface area contributed by atoms with E-state index in [9.17, 15) is 5.11 Å². The summed E-state index contributed by atoms with van der Waals surface area (Å²) in [5, 5.41) is 11.3. The van der Waals surface area contributed by atoms with Crippen molar-refractivity contribution in [1.82, 2.24) is 9.97 Å². The van der Waals surface area contributed by atoms with Gasteiger partial charge in [-0.2, -0.15) is 9.97 Å². The monoisotopic (exact) mass is 415 g/mol. The molecule has 1 aliphatic carbocycles. The van der Waals surface area contributed by atoms with Crippen molar-refractivity contribution in [2.24, 2.45) is 0 Å². The predicted molar refractivity (Wildman–Crippen MR) is 111 cm³/mol. The normalized spacial score (nSPS) is 23.6. The Labute approximate surface area is 175 Å². The van der Waals surface area contributed by atoms with Crippen molar-refractivity contribution in [1.29, 1.82) is 0 Å². The lowest BCUT2D eigenvalue weighted by Crippen LogP contribution is -2.36. The number of nitrogens with zero attached hydrogens (tertiary/aromatic N) is 3. The van der Waals surface area contributed by atoms with Crippen molar-refractivity contribution >= 4 is 17.4 Å². The van der Waals surface area contributed by atoms with Crippen LogP contribution in [0, 0.1) is 0 Å². The first-order chi connectivity index (χ1) is 14.1. The Morgan fingerprint density at radius 3 is 2.69 bits per heavy atom. The first-order valence-electron chi connectivity index (χ1n) is 10.4. The SMILES string of the molecule is COc1nc2c(c(N3CCCCCC3)n1)COC1(CCc3c(Cl)ccc(O)c31)C2. The molecule has 3 aliphatic rings. The number of ether oxygens (including phenoxy) is 2. The summed E-state index contributed by atoms with van der Waals surface area (Å²) in [5.74, 6) is 1.19. The molecule has 0 amide bonds. The van der Waals surface area contributed by atoms with Crippen LogP contribution in [0.15, 0.2) is 12.1 Å². The molecule has 7 heteroatoms. The molecule has 0 radical (unpaired) electrons. The van der Waals surface area contributed by atoms with Crippen LogP contribution in [0.4, 0.5) is 5.82 Å². The summed E-state index contributed by atoms with van der Waals surface area (Å²) in [5.41, 5.74) is 3.23. The van der Waals surface area contributed by atoms with E-state index in [1.807, 2.05) is 0 Å². The highest BCUT2D eigenvalue weighted by molar-refractivity contribution is 6.31. The molecule has 1 saturated heterocycles. The minimum absolute atomic E-state index is 0.249. The van der Waals surface area contributed by atoms with E-state index < -0.39 is 5.60 Å². The fourth-order valence-corrected chi connectivity index (χ4v) is 5.34. The Balaban J connectivity index is 1.57. The van der Waals surface area contributed by atoms with Gasteiger partial charge in [-0.1, -0.05) is 24.4 Å². The van der Waals surface area contributed by atoms with E-state index in [0.717, 1.165) is 54.1 Å². The lowest BCUT2D eigenvalue weighted by Gasteiger charge is -2.37. The molecular formula is C22H26ClN3O3. The van der Waals surface area contributed by atoms with Gasteiger partial charge in [-0.3, -0.25) is 0 Å². The van der Waals surface area contributed by atoms with E-state index in [2.05, 4.69) is 4.90 Å². The van der Waals surface area contributed by atoms with Crippen molar-refractivity contribution in [3.8, 4) is 11.8 Å². The zero-order valence-electron chi connectivity index (χ0n) is 16.7. The maximum atomic E-state index is 10.6. The van der Waals surface area contributed by atoms with Crippen LogP contribution in [-0.4, -0.2) is 35.3 Å². The molecule has 6 nitrogen and oxygen atoms in total. The number of benzene rings is 1. The fourth-order valence-electron chi connectivity index (χ4n) is 5.09. The highest BCUT2D eigenvalue weighted by Crippen LogP contribution is 2.51. The van der Waals surface area contributed by atoms with Gasteiger partial charge in [0.25, 0.3) is 0 Å². The molecule has 5 rings (SSSR count). The maximum Gasteiger partial charge on any atom is 0.318 e. The average molecular weight is 416 g/mol. The van der Waals surface area contributed by atoms with Gasteiger partial charge in [0.1, 0.15) is 17.2 Å². The van der Waals surface area contributed by atoms with Crippen LogP contribution >= 0.6 is 11.6 Å². The lowest BCUT2D eigenvalue weighted by molar-refractivity contribution is -0.0740. The molecule has 1 aromatic carbocycles. The molecule has 1 N–H and O–H groups in total. The standard InChI is InChI=1S/C22H26ClN3O3/c1-28-21-24-17-12-22(9-8-14-16(23)6-7-18(27)19(14)22)29-13-15(17)20(25-21)26-10-4-2-3-5-11-26/h6-7,27H,2-5,8-13H2,1H3. The molecule has 1 fully saturated rings. The van der Waals surface area contributed by atoms with Gasteiger partial charge in [-0.15, -0.1) is 0 Å². The summed E-state index contributed by atoms with van der Waals surface area (Å²) in [7, 11) is 1.61.